The molecule has 0 saturated heterocycles. The maximum absolute atomic E-state index is 12.7. The number of nitrogen functional groups attached to an aromatic ring is 1. The van der Waals surface area contributed by atoms with Gasteiger partial charge in [0.05, 0.1) is 16.8 Å². The highest BCUT2D eigenvalue weighted by Gasteiger charge is 2.12. The Morgan fingerprint density at radius 1 is 0.923 bits per heavy atom. The van der Waals surface area contributed by atoms with Crippen molar-refractivity contribution in [1.29, 1.82) is 0 Å². The van der Waals surface area contributed by atoms with Crippen LogP contribution in [0.2, 0.25) is 0 Å². The summed E-state index contributed by atoms with van der Waals surface area (Å²) < 4.78 is 0. The first-order valence-electron chi connectivity index (χ1n) is 8.04. The zero-order chi connectivity index (χ0) is 17.9. The number of rotatable bonds is 3. The van der Waals surface area contributed by atoms with Crippen molar-refractivity contribution >= 4 is 28.3 Å². The van der Waals surface area contributed by atoms with Crippen molar-refractivity contribution in [3.8, 4) is 11.3 Å². The van der Waals surface area contributed by atoms with Gasteiger partial charge in [0.1, 0.15) is 12.1 Å². The van der Waals surface area contributed by atoms with Crippen molar-refractivity contribution in [2.24, 2.45) is 0 Å². The molecule has 0 radical (unpaired) electrons. The van der Waals surface area contributed by atoms with E-state index in [0.29, 0.717) is 22.8 Å². The number of aromatic nitrogens is 3. The van der Waals surface area contributed by atoms with E-state index in [9.17, 15) is 4.79 Å². The lowest BCUT2D eigenvalue weighted by Gasteiger charge is -2.08. The summed E-state index contributed by atoms with van der Waals surface area (Å²) in [5.74, 6) is 0.184. The molecule has 0 spiro atoms. The number of benzene rings is 2. The van der Waals surface area contributed by atoms with Crippen molar-refractivity contribution in [1.82, 2.24) is 15.0 Å². The first-order valence-corrected chi connectivity index (χ1v) is 8.04. The highest BCUT2D eigenvalue weighted by Crippen LogP contribution is 2.21. The summed E-state index contributed by atoms with van der Waals surface area (Å²) in [5.41, 5.74) is 9.31. The number of fused-ring (bicyclic) bond motifs is 1. The Hall–Kier alpha value is -3.80. The third-order valence-corrected chi connectivity index (χ3v) is 4.01. The van der Waals surface area contributed by atoms with Crippen LogP contribution in [0.15, 0.2) is 73.2 Å². The van der Waals surface area contributed by atoms with Crippen molar-refractivity contribution in [2.75, 3.05) is 11.1 Å². The topological polar surface area (TPSA) is 93.8 Å². The van der Waals surface area contributed by atoms with Gasteiger partial charge in [0.25, 0.3) is 5.91 Å². The van der Waals surface area contributed by atoms with Crippen LogP contribution in [0.25, 0.3) is 22.2 Å². The van der Waals surface area contributed by atoms with Gasteiger partial charge >= 0.3 is 0 Å². The Labute approximate surface area is 149 Å². The second kappa shape index (κ2) is 6.60. The summed E-state index contributed by atoms with van der Waals surface area (Å²) in [4.78, 5) is 25.4. The molecule has 0 bridgehead atoms. The Kier molecular flexibility index (Phi) is 3.99. The van der Waals surface area contributed by atoms with Crippen molar-refractivity contribution in [3.05, 3.63) is 78.8 Å². The third kappa shape index (κ3) is 3.08. The van der Waals surface area contributed by atoms with Gasteiger partial charge in [0.2, 0.25) is 0 Å². The lowest BCUT2D eigenvalue weighted by atomic mass is 10.1. The summed E-state index contributed by atoms with van der Waals surface area (Å²) >= 11 is 0. The van der Waals surface area contributed by atoms with Crippen LogP contribution in [-0.4, -0.2) is 20.9 Å². The van der Waals surface area contributed by atoms with Crippen LogP contribution in [0, 0.1) is 0 Å². The molecule has 0 unspecified atom stereocenters. The van der Waals surface area contributed by atoms with Gasteiger partial charge in [-0.2, -0.15) is 0 Å². The van der Waals surface area contributed by atoms with Gasteiger partial charge in [-0.05, 0) is 24.3 Å². The van der Waals surface area contributed by atoms with Crippen LogP contribution in [0.5, 0.6) is 0 Å². The van der Waals surface area contributed by atoms with E-state index < -0.39 is 0 Å². The summed E-state index contributed by atoms with van der Waals surface area (Å²) in [6.45, 7) is 0. The zero-order valence-electron chi connectivity index (χ0n) is 13.8. The highest BCUT2D eigenvalue weighted by atomic mass is 16.1. The van der Waals surface area contributed by atoms with Crippen molar-refractivity contribution < 1.29 is 4.79 Å². The minimum Gasteiger partial charge on any atom is -0.399 e. The number of nitrogens with one attached hydrogen (secondary N) is 1. The van der Waals surface area contributed by atoms with E-state index in [2.05, 4.69) is 20.3 Å². The monoisotopic (exact) mass is 341 g/mol. The number of hydrogen-bond donors (Lipinski definition) is 2. The average Bonchev–Trinajstić information content (AvgIpc) is 2.68. The van der Waals surface area contributed by atoms with E-state index >= 15 is 0 Å². The summed E-state index contributed by atoms with van der Waals surface area (Å²) in [6, 6.07) is 18.3. The Morgan fingerprint density at radius 3 is 2.58 bits per heavy atom. The predicted molar refractivity (Wildman–Crippen MR) is 102 cm³/mol. The number of amides is 1. The molecule has 0 fully saturated rings. The Bertz CT molecular complexity index is 1090. The number of pyridine rings is 1. The summed E-state index contributed by atoms with van der Waals surface area (Å²) in [7, 11) is 0. The first-order chi connectivity index (χ1) is 12.7. The van der Waals surface area contributed by atoms with Crippen LogP contribution in [0.3, 0.4) is 0 Å². The molecular formula is C20H15N5O. The van der Waals surface area contributed by atoms with Gasteiger partial charge in [-0.15, -0.1) is 0 Å². The standard InChI is InChI=1S/C20H15N5O/c21-14-7-5-13(6-8-14)18-11-19(24-12-23-18)25-20(26)16-9-10-22-17-4-2-1-3-15(16)17/h1-12H,21H2,(H,23,24,25,26). The molecule has 126 valence electrons. The molecule has 4 rings (SSSR count). The molecule has 0 atom stereocenters. The largest absolute Gasteiger partial charge is 0.399 e. The number of para-hydroxylation sites is 1. The molecule has 0 saturated carbocycles. The van der Waals surface area contributed by atoms with Gasteiger partial charge in [-0.3, -0.25) is 9.78 Å². The van der Waals surface area contributed by atoms with Gasteiger partial charge < -0.3 is 11.1 Å². The number of nitrogens with two attached hydrogens (primary N) is 1. The van der Waals surface area contributed by atoms with E-state index in [1.807, 2.05) is 36.4 Å². The predicted octanol–water partition coefficient (Wildman–Crippen LogP) is 3.53. The Morgan fingerprint density at radius 2 is 1.73 bits per heavy atom. The molecule has 3 N–H and O–H groups in total. The third-order valence-electron chi connectivity index (χ3n) is 4.01. The van der Waals surface area contributed by atoms with Crippen molar-refractivity contribution in [3.63, 3.8) is 0 Å². The zero-order valence-corrected chi connectivity index (χ0v) is 13.8. The van der Waals surface area contributed by atoms with Gasteiger partial charge in [0.15, 0.2) is 0 Å². The maximum atomic E-state index is 12.7. The normalized spacial score (nSPS) is 10.6. The van der Waals surface area contributed by atoms with Gasteiger partial charge in [0, 0.05) is 28.9 Å². The second-order valence-electron chi connectivity index (χ2n) is 5.74. The minimum atomic E-state index is -0.245. The van der Waals surface area contributed by atoms with E-state index in [0.717, 1.165) is 16.5 Å². The molecule has 26 heavy (non-hydrogen) atoms. The number of hydrogen-bond acceptors (Lipinski definition) is 5. The van der Waals surface area contributed by atoms with Gasteiger partial charge in [-0.1, -0.05) is 30.3 Å². The Balaban J connectivity index is 1.64. The lowest BCUT2D eigenvalue weighted by molar-refractivity contribution is 0.102. The molecule has 0 aliphatic rings. The molecule has 6 heteroatoms. The number of carbonyl (C=O) groups is 1. The van der Waals surface area contributed by atoms with Gasteiger partial charge in [-0.25, -0.2) is 9.97 Å². The fourth-order valence-electron chi connectivity index (χ4n) is 2.71. The van der Waals surface area contributed by atoms with E-state index in [1.165, 1.54) is 6.33 Å². The molecular weight excluding hydrogens is 326 g/mol. The highest BCUT2D eigenvalue weighted by molar-refractivity contribution is 6.12. The quantitative estimate of drug-likeness (QED) is 0.556. The molecule has 2 aromatic heterocycles. The number of anilines is 2. The number of carbonyl (C=O) groups excluding carboxylic acids is 1. The fraction of sp³-hybridized carbons (Fsp3) is 0. The van der Waals surface area contributed by atoms with E-state index in [4.69, 9.17) is 5.73 Å². The molecule has 2 heterocycles. The molecule has 2 aromatic carbocycles. The van der Waals surface area contributed by atoms with Crippen LogP contribution in [0.1, 0.15) is 10.4 Å². The van der Waals surface area contributed by atoms with E-state index in [-0.39, 0.29) is 5.91 Å². The van der Waals surface area contributed by atoms with Crippen LogP contribution in [0.4, 0.5) is 11.5 Å². The summed E-state index contributed by atoms with van der Waals surface area (Å²) in [6.07, 6.45) is 3.04. The average molecular weight is 341 g/mol. The van der Waals surface area contributed by atoms with Crippen LogP contribution >= 0.6 is 0 Å². The van der Waals surface area contributed by atoms with E-state index in [1.54, 1.807) is 30.5 Å². The molecule has 4 aromatic rings. The SMILES string of the molecule is Nc1ccc(-c2cc(NC(=O)c3ccnc4ccccc34)ncn2)cc1. The molecule has 0 aliphatic carbocycles. The lowest BCUT2D eigenvalue weighted by Crippen LogP contribution is -2.13. The summed E-state index contributed by atoms with van der Waals surface area (Å²) in [5, 5.41) is 3.62. The van der Waals surface area contributed by atoms with Crippen LogP contribution < -0.4 is 11.1 Å². The molecule has 0 aliphatic heterocycles. The maximum Gasteiger partial charge on any atom is 0.257 e. The first kappa shape index (κ1) is 15.7. The fourth-order valence-corrected chi connectivity index (χ4v) is 2.71. The van der Waals surface area contributed by atoms with Crippen LogP contribution in [-0.2, 0) is 0 Å². The van der Waals surface area contributed by atoms with Crippen molar-refractivity contribution in [2.45, 2.75) is 0 Å². The molecule has 1 amide bonds. The molecule has 6 nitrogen and oxygen atoms in total. The number of nitrogens with zero attached hydrogens (tertiary/aromatic N) is 3. The smallest absolute Gasteiger partial charge is 0.257 e. The minimum absolute atomic E-state index is 0.245. The second-order valence-corrected chi connectivity index (χ2v) is 5.74.